The van der Waals surface area contributed by atoms with Crippen molar-refractivity contribution in [3.8, 4) is 5.75 Å². The summed E-state index contributed by atoms with van der Waals surface area (Å²) in [6, 6.07) is 12.9. The van der Waals surface area contributed by atoms with Crippen LogP contribution in [0.15, 0.2) is 54.7 Å². The molecule has 1 fully saturated rings. The maximum Gasteiger partial charge on any atom is 0.185 e. The molecule has 1 aromatic heterocycles. The number of nitrogens with zero attached hydrogens (tertiary/aromatic N) is 2. The van der Waals surface area contributed by atoms with E-state index in [0.717, 1.165) is 50.7 Å². The molecule has 2 heterocycles. The van der Waals surface area contributed by atoms with Gasteiger partial charge in [0.1, 0.15) is 5.75 Å². The van der Waals surface area contributed by atoms with Crippen molar-refractivity contribution in [1.29, 1.82) is 0 Å². The first kappa shape index (κ1) is 21.1. The number of hydrogen-bond donors (Lipinski definition) is 0. The topological polar surface area (TPSA) is 51.7 Å². The van der Waals surface area contributed by atoms with Crippen LogP contribution in [0.3, 0.4) is 0 Å². The standard InChI is InChI=1S/C21H24N2O3.ClH/c24-21(10-7-19-4-1-2-11-22-19)18-5-8-20(9-6-18)26-15-3-12-23-13-16-25-17-14-23;/h1-2,4-11H,3,12-17H2;1H/b10-7+;. The maximum absolute atomic E-state index is 12.2. The van der Waals surface area contributed by atoms with Gasteiger partial charge in [-0.05, 0) is 55.0 Å². The molecule has 5 nitrogen and oxygen atoms in total. The van der Waals surface area contributed by atoms with Crippen LogP contribution < -0.4 is 4.74 Å². The average Bonchev–Trinajstić information content (AvgIpc) is 2.71. The minimum Gasteiger partial charge on any atom is -0.494 e. The lowest BCUT2D eigenvalue weighted by Crippen LogP contribution is -2.37. The third-order valence-corrected chi connectivity index (χ3v) is 4.22. The Morgan fingerprint density at radius 1 is 1.15 bits per heavy atom. The normalized spacial score (nSPS) is 14.7. The first-order valence-electron chi connectivity index (χ1n) is 8.98. The molecule has 1 aliphatic rings. The summed E-state index contributed by atoms with van der Waals surface area (Å²) in [5.74, 6) is 0.742. The zero-order chi connectivity index (χ0) is 18.0. The van der Waals surface area contributed by atoms with Crippen LogP contribution in [-0.4, -0.2) is 55.1 Å². The predicted octanol–water partition coefficient (Wildman–Crippen LogP) is 3.50. The Balaban J connectivity index is 0.00000261. The second-order valence-corrected chi connectivity index (χ2v) is 6.13. The van der Waals surface area contributed by atoms with Crippen molar-refractivity contribution in [2.45, 2.75) is 6.42 Å². The number of morpholine rings is 1. The van der Waals surface area contributed by atoms with E-state index in [1.54, 1.807) is 30.5 Å². The average molecular weight is 389 g/mol. The van der Waals surface area contributed by atoms with E-state index in [4.69, 9.17) is 9.47 Å². The molecule has 0 N–H and O–H groups in total. The molecule has 0 radical (unpaired) electrons. The minimum atomic E-state index is -0.0467. The fourth-order valence-corrected chi connectivity index (χ4v) is 2.75. The number of allylic oxidation sites excluding steroid dienone is 1. The van der Waals surface area contributed by atoms with E-state index in [1.807, 2.05) is 30.3 Å². The highest BCUT2D eigenvalue weighted by Crippen LogP contribution is 2.14. The van der Waals surface area contributed by atoms with Gasteiger partial charge in [-0.2, -0.15) is 0 Å². The Bertz CT molecular complexity index is 714. The molecule has 2 aromatic rings. The van der Waals surface area contributed by atoms with Crippen molar-refractivity contribution in [3.63, 3.8) is 0 Å². The molecule has 27 heavy (non-hydrogen) atoms. The second kappa shape index (κ2) is 11.5. The zero-order valence-electron chi connectivity index (χ0n) is 15.3. The predicted molar refractivity (Wildman–Crippen MR) is 109 cm³/mol. The number of aromatic nitrogens is 1. The molecule has 0 saturated carbocycles. The summed E-state index contributed by atoms with van der Waals surface area (Å²) in [7, 11) is 0. The van der Waals surface area contributed by atoms with Gasteiger partial charge in [0.25, 0.3) is 0 Å². The van der Waals surface area contributed by atoms with E-state index in [9.17, 15) is 4.79 Å². The first-order chi connectivity index (χ1) is 12.8. The fourth-order valence-electron chi connectivity index (χ4n) is 2.75. The van der Waals surface area contributed by atoms with Crippen molar-refractivity contribution in [1.82, 2.24) is 9.88 Å². The number of pyridine rings is 1. The van der Waals surface area contributed by atoms with Gasteiger partial charge in [-0.1, -0.05) is 6.07 Å². The number of benzene rings is 1. The Labute approximate surface area is 166 Å². The summed E-state index contributed by atoms with van der Waals surface area (Å²) in [5, 5.41) is 0. The number of halogens is 1. The Kier molecular flexibility index (Phi) is 8.98. The van der Waals surface area contributed by atoms with Crippen LogP contribution >= 0.6 is 12.4 Å². The van der Waals surface area contributed by atoms with Gasteiger partial charge in [0.05, 0.1) is 25.5 Å². The summed E-state index contributed by atoms with van der Waals surface area (Å²) in [4.78, 5) is 18.7. The highest BCUT2D eigenvalue weighted by molar-refractivity contribution is 6.06. The second-order valence-electron chi connectivity index (χ2n) is 6.13. The summed E-state index contributed by atoms with van der Waals surface area (Å²) in [6.07, 6.45) is 5.95. The SMILES string of the molecule is Cl.O=C(/C=C/c1ccccn1)c1ccc(OCCCN2CCOCC2)cc1. The van der Waals surface area contributed by atoms with E-state index in [0.29, 0.717) is 12.2 Å². The molecular formula is C21H25ClN2O3. The third kappa shape index (κ3) is 7.13. The Hall–Kier alpha value is -2.21. The van der Waals surface area contributed by atoms with Gasteiger partial charge in [0, 0.05) is 31.4 Å². The van der Waals surface area contributed by atoms with E-state index >= 15 is 0 Å². The van der Waals surface area contributed by atoms with E-state index < -0.39 is 0 Å². The van der Waals surface area contributed by atoms with E-state index in [1.165, 1.54) is 0 Å². The van der Waals surface area contributed by atoms with Crippen molar-refractivity contribution < 1.29 is 14.3 Å². The van der Waals surface area contributed by atoms with Crippen LogP contribution in [0.4, 0.5) is 0 Å². The smallest absolute Gasteiger partial charge is 0.185 e. The summed E-state index contributed by atoms with van der Waals surface area (Å²) >= 11 is 0. The lowest BCUT2D eigenvalue weighted by Gasteiger charge is -2.26. The molecule has 0 aliphatic carbocycles. The molecule has 0 atom stereocenters. The lowest BCUT2D eigenvalue weighted by molar-refractivity contribution is 0.0358. The maximum atomic E-state index is 12.2. The number of rotatable bonds is 8. The summed E-state index contributed by atoms with van der Waals surface area (Å²) < 4.78 is 11.1. The van der Waals surface area contributed by atoms with Gasteiger partial charge >= 0.3 is 0 Å². The van der Waals surface area contributed by atoms with Crippen molar-refractivity contribution in [2.24, 2.45) is 0 Å². The van der Waals surface area contributed by atoms with Crippen molar-refractivity contribution >= 4 is 24.3 Å². The van der Waals surface area contributed by atoms with Crippen LogP contribution in [-0.2, 0) is 4.74 Å². The molecule has 144 valence electrons. The highest BCUT2D eigenvalue weighted by atomic mass is 35.5. The van der Waals surface area contributed by atoms with Gasteiger partial charge in [0.15, 0.2) is 5.78 Å². The summed E-state index contributed by atoms with van der Waals surface area (Å²) in [6.45, 7) is 5.35. The molecule has 1 saturated heterocycles. The van der Waals surface area contributed by atoms with Crippen LogP contribution in [0.25, 0.3) is 6.08 Å². The molecule has 1 aliphatic heterocycles. The molecular weight excluding hydrogens is 364 g/mol. The molecule has 0 spiro atoms. The van der Waals surface area contributed by atoms with E-state index in [2.05, 4.69) is 9.88 Å². The molecule has 0 bridgehead atoms. The van der Waals surface area contributed by atoms with Crippen molar-refractivity contribution in [3.05, 3.63) is 66.0 Å². The number of ketones is 1. The molecule has 3 rings (SSSR count). The molecule has 0 unspecified atom stereocenters. The summed E-state index contributed by atoms with van der Waals surface area (Å²) in [5.41, 5.74) is 1.40. The molecule has 6 heteroatoms. The fraction of sp³-hybridized carbons (Fsp3) is 0.333. The van der Waals surface area contributed by atoms with Gasteiger partial charge < -0.3 is 9.47 Å². The number of carbonyl (C=O) groups excluding carboxylic acids is 1. The number of hydrogen-bond acceptors (Lipinski definition) is 5. The minimum absolute atomic E-state index is 0. The molecule has 0 amide bonds. The van der Waals surface area contributed by atoms with Gasteiger partial charge in [-0.15, -0.1) is 12.4 Å². The lowest BCUT2D eigenvalue weighted by atomic mass is 10.1. The monoisotopic (exact) mass is 388 g/mol. The van der Waals surface area contributed by atoms with E-state index in [-0.39, 0.29) is 18.2 Å². The van der Waals surface area contributed by atoms with Crippen LogP contribution in [0.5, 0.6) is 5.75 Å². The van der Waals surface area contributed by atoms with Crippen molar-refractivity contribution in [2.75, 3.05) is 39.5 Å². The largest absolute Gasteiger partial charge is 0.494 e. The van der Waals surface area contributed by atoms with Gasteiger partial charge in [-0.3, -0.25) is 14.7 Å². The first-order valence-corrected chi connectivity index (χ1v) is 8.98. The third-order valence-electron chi connectivity index (χ3n) is 4.22. The Morgan fingerprint density at radius 3 is 2.63 bits per heavy atom. The van der Waals surface area contributed by atoms with Crippen LogP contribution in [0, 0.1) is 0 Å². The quantitative estimate of drug-likeness (QED) is 0.393. The Morgan fingerprint density at radius 2 is 1.93 bits per heavy atom. The van der Waals surface area contributed by atoms with Crippen LogP contribution in [0.2, 0.25) is 0 Å². The number of ether oxygens (including phenoxy) is 2. The highest BCUT2D eigenvalue weighted by Gasteiger charge is 2.09. The zero-order valence-corrected chi connectivity index (χ0v) is 16.1. The van der Waals surface area contributed by atoms with Gasteiger partial charge in [0.2, 0.25) is 0 Å². The van der Waals surface area contributed by atoms with Gasteiger partial charge in [-0.25, -0.2) is 0 Å². The van der Waals surface area contributed by atoms with Crippen LogP contribution in [0.1, 0.15) is 22.5 Å². The molecule has 1 aromatic carbocycles. The number of carbonyl (C=O) groups is 1.